The van der Waals surface area contributed by atoms with Crippen LogP contribution in [0.25, 0.3) is 0 Å². The lowest BCUT2D eigenvalue weighted by atomic mass is 9.92. The number of aromatic nitrogens is 3. The number of nitrogens with two attached hydrogens (primary N) is 1. The van der Waals surface area contributed by atoms with Crippen LogP contribution in [0.15, 0.2) is 17.6 Å². The van der Waals surface area contributed by atoms with Crippen molar-refractivity contribution in [1.82, 2.24) is 20.3 Å². The summed E-state index contributed by atoms with van der Waals surface area (Å²) in [5.74, 6) is -0.155. The second-order valence-electron chi connectivity index (χ2n) is 6.19. The summed E-state index contributed by atoms with van der Waals surface area (Å²) in [6.07, 6.45) is 6.63. The summed E-state index contributed by atoms with van der Waals surface area (Å²) in [6.45, 7) is 2.71. The van der Waals surface area contributed by atoms with Crippen molar-refractivity contribution >= 4 is 17.2 Å². The van der Waals surface area contributed by atoms with Crippen LogP contribution in [0.5, 0.6) is 0 Å². The molecule has 1 aliphatic carbocycles. The van der Waals surface area contributed by atoms with Gasteiger partial charge in [-0.1, -0.05) is 5.21 Å². The molecule has 7 heteroatoms. The third-order valence-corrected chi connectivity index (χ3v) is 5.55. The molecule has 1 aliphatic rings. The highest BCUT2D eigenvalue weighted by molar-refractivity contribution is 7.10. The zero-order valence-corrected chi connectivity index (χ0v) is 14.2. The van der Waals surface area contributed by atoms with E-state index in [0.717, 1.165) is 32.1 Å². The Bertz CT molecular complexity index is 657. The van der Waals surface area contributed by atoms with Crippen molar-refractivity contribution in [3.8, 4) is 0 Å². The van der Waals surface area contributed by atoms with Gasteiger partial charge in [0.05, 0.1) is 12.2 Å². The van der Waals surface area contributed by atoms with Crippen LogP contribution in [-0.2, 0) is 6.42 Å². The molecule has 2 aromatic rings. The van der Waals surface area contributed by atoms with Crippen LogP contribution in [0.1, 0.15) is 52.7 Å². The number of carbonyl (C=O) groups excluding carboxylic acids is 1. The molecule has 0 atom stereocenters. The number of rotatable bonds is 5. The Morgan fingerprint density at radius 1 is 1.43 bits per heavy atom. The molecular formula is C16H23N5OS. The van der Waals surface area contributed by atoms with Crippen LogP contribution in [0.4, 0.5) is 0 Å². The quantitative estimate of drug-likeness (QED) is 0.877. The van der Waals surface area contributed by atoms with Gasteiger partial charge in [-0.3, -0.25) is 4.79 Å². The highest BCUT2D eigenvalue weighted by Crippen LogP contribution is 2.26. The summed E-state index contributed by atoms with van der Waals surface area (Å²) in [4.78, 5) is 13.5. The minimum absolute atomic E-state index is 0.155. The van der Waals surface area contributed by atoms with E-state index in [2.05, 4.69) is 34.0 Å². The van der Waals surface area contributed by atoms with Crippen molar-refractivity contribution in [2.24, 2.45) is 5.73 Å². The monoisotopic (exact) mass is 333 g/mol. The zero-order chi connectivity index (χ0) is 16.2. The molecule has 3 N–H and O–H groups in total. The standard InChI is InChI=1S/C16H23N5OS/c1-11-7-9-23-15(11)6-8-18-16(22)14-10-21(20-19-14)13-4-2-12(17)3-5-13/h7,9-10,12-13H,2-6,8,17H2,1H3,(H,18,22). The largest absolute Gasteiger partial charge is 0.350 e. The molecule has 2 heterocycles. The van der Waals surface area contributed by atoms with Gasteiger partial charge in [-0.25, -0.2) is 4.68 Å². The number of nitrogens with one attached hydrogen (secondary N) is 1. The molecule has 124 valence electrons. The Hall–Kier alpha value is -1.73. The van der Waals surface area contributed by atoms with Crippen LogP contribution < -0.4 is 11.1 Å². The Labute approximate surface area is 140 Å². The van der Waals surface area contributed by atoms with Crippen molar-refractivity contribution in [3.63, 3.8) is 0 Å². The molecular weight excluding hydrogens is 310 g/mol. The Morgan fingerprint density at radius 3 is 2.91 bits per heavy atom. The molecule has 0 aromatic carbocycles. The predicted molar refractivity (Wildman–Crippen MR) is 90.6 cm³/mol. The molecule has 1 saturated carbocycles. The minimum atomic E-state index is -0.155. The van der Waals surface area contributed by atoms with Crippen LogP contribution in [0, 0.1) is 6.92 Å². The number of amides is 1. The molecule has 3 rings (SSSR count). The highest BCUT2D eigenvalue weighted by Gasteiger charge is 2.22. The number of nitrogens with zero attached hydrogens (tertiary/aromatic N) is 3. The van der Waals surface area contributed by atoms with Crippen LogP contribution in [0.2, 0.25) is 0 Å². The summed E-state index contributed by atoms with van der Waals surface area (Å²) in [5, 5.41) is 13.1. The third-order valence-electron chi connectivity index (χ3n) is 4.46. The lowest BCUT2D eigenvalue weighted by Crippen LogP contribution is -2.28. The Kier molecular flexibility index (Phi) is 5.07. The Morgan fingerprint density at radius 2 is 2.22 bits per heavy atom. The van der Waals surface area contributed by atoms with Gasteiger partial charge >= 0.3 is 0 Å². The van der Waals surface area contributed by atoms with E-state index in [0.29, 0.717) is 24.3 Å². The second kappa shape index (κ2) is 7.23. The maximum atomic E-state index is 12.2. The van der Waals surface area contributed by atoms with Gasteiger partial charge in [-0.15, -0.1) is 16.4 Å². The molecule has 1 fully saturated rings. The van der Waals surface area contributed by atoms with Gasteiger partial charge in [-0.05, 0) is 56.0 Å². The maximum absolute atomic E-state index is 12.2. The van der Waals surface area contributed by atoms with Gasteiger partial charge in [0.25, 0.3) is 5.91 Å². The number of carbonyl (C=O) groups is 1. The van der Waals surface area contributed by atoms with Gasteiger partial charge in [-0.2, -0.15) is 0 Å². The lowest BCUT2D eigenvalue weighted by molar-refractivity contribution is 0.0949. The number of hydrogen-bond acceptors (Lipinski definition) is 5. The minimum Gasteiger partial charge on any atom is -0.350 e. The first-order chi connectivity index (χ1) is 11.1. The second-order valence-corrected chi connectivity index (χ2v) is 7.19. The van der Waals surface area contributed by atoms with E-state index in [1.165, 1.54) is 10.4 Å². The molecule has 0 bridgehead atoms. The normalized spacial score (nSPS) is 21.3. The fraction of sp³-hybridized carbons (Fsp3) is 0.562. The topological polar surface area (TPSA) is 85.8 Å². The van der Waals surface area contributed by atoms with E-state index in [1.807, 2.05) is 4.68 Å². The van der Waals surface area contributed by atoms with Crippen molar-refractivity contribution in [2.45, 2.75) is 51.1 Å². The molecule has 6 nitrogen and oxygen atoms in total. The number of thiophene rings is 1. The average Bonchev–Trinajstić information content (AvgIpc) is 3.18. The van der Waals surface area contributed by atoms with Crippen LogP contribution in [0.3, 0.4) is 0 Å². The van der Waals surface area contributed by atoms with Crippen molar-refractivity contribution in [1.29, 1.82) is 0 Å². The molecule has 2 aromatic heterocycles. The fourth-order valence-corrected chi connectivity index (χ4v) is 3.88. The summed E-state index contributed by atoms with van der Waals surface area (Å²) in [5.41, 5.74) is 7.60. The van der Waals surface area contributed by atoms with Crippen molar-refractivity contribution in [2.75, 3.05) is 6.54 Å². The van der Waals surface area contributed by atoms with Gasteiger partial charge in [0.2, 0.25) is 0 Å². The Balaban J connectivity index is 1.51. The first kappa shape index (κ1) is 16.1. The van der Waals surface area contributed by atoms with Gasteiger partial charge < -0.3 is 11.1 Å². The SMILES string of the molecule is Cc1ccsc1CCNC(=O)c1cn(C2CCC(N)CC2)nn1. The summed E-state index contributed by atoms with van der Waals surface area (Å²) in [7, 11) is 0. The fourth-order valence-electron chi connectivity index (χ4n) is 2.97. The zero-order valence-electron chi connectivity index (χ0n) is 13.4. The summed E-state index contributed by atoms with van der Waals surface area (Å²) >= 11 is 1.73. The molecule has 1 amide bonds. The smallest absolute Gasteiger partial charge is 0.273 e. The molecule has 0 spiro atoms. The van der Waals surface area contributed by atoms with Crippen LogP contribution >= 0.6 is 11.3 Å². The average molecular weight is 333 g/mol. The van der Waals surface area contributed by atoms with E-state index < -0.39 is 0 Å². The van der Waals surface area contributed by atoms with Gasteiger partial charge in [0, 0.05) is 17.5 Å². The number of aryl methyl sites for hydroxylation is 1. The van der Waals surface area contributed by atoms with Gasteiger partial charge in [0.1, 0.15) is 0 Å². The summed E-state index contributed by atoms with van der Waals surface area (Å²) < 4.78 is 1.82. The van der Waals surface area contributed by atoms with E-state index in [1.54, 1.807) is 17.5 Å². The van der Waals surface area contributed by atoms with E-state index in [4.69, 9.17) is 5.73 Å². The highest BCUT2D eigenvalue weighted by atomic mass is 32.1. The molecule has 23 heavy (non-hydrogen) atoms. The number of hydrogen-bond donors (Lipinski definition) is 2. The third kappa shape index (κ3) is 3.97. The molecule has 0 unspecified atom stereocenters. The molecule has 0 saturated heterocycles. The van der Waals surface area contributed by atoms with Crippen LogP contribution in [-0.4, -0.2) is 33.5 Å². The van der Waals surface area contributed by atoms with E-state index >= 15 is 0 Å². The molecule has 0 aliphatic heterocycles. The van der Waals surface area contributed by atoms with E-state index in [9.17, 15) is 4.79 Å². The first-order valence-electron chi connectivity index (χ1n) is 8.12. The molecule has 0 radical (unpaired) electrons. The van der Waals surface area contributed by atoms with Crippen molar-refractivity contribution in [3.05, 3.63) is 33.8 Å². The predicted octanol–water partition coefficient (Wildman–Crippen LogP) is 2.06. The summed E-state index contributed by atoms with van der Waals surface area (Å²) in [6, 6.07) is 2.72. The maximum Gasteiger partial charge on any atom is 0.273 e. The van der Waals surface area contributed by atoms with Gasteiger partial charge in [0.15, 0.2) is 5.69 Å². The first-order valence-corrected chi connectivity index (χ1v) is 9.00. The van der Waals surface area contributed by atoms with E-state index in [-0.39, 0.29) is 5.91 Å². The lowest BCUT2D eigenvalue weighted by Gasteiger charge is -2.25. The van der Waals surface area contributed by atoms with Crippen molar-refractivity contribution < 1.29 is 4.79 Å².